The maximum absolute atomic E-state index is 12.0. The molecule has 12 atom stereocenters. The molecule has 38 heavy (non-hydrogen) atoms. The van der Waals surface area contributed by atoms with Gasteiger partial charge in [-0.2, -0.15) is 0 Å². The van der Waals surface area contributed by atoms with Crippen molar-refractivity contribution < 1.29 is 38.9 Å². The van der Waals surface area contributed by atoms with E-state index in [9.17, 15) is 24.3 Å². The Labute approximate surface area is 222 Å². The van der Waals surface area contributed by atoms with Gasteiger partial charge in [0.15, 0.2) is 0 Å². The van der Waals surface area contributed by atoms with Crippen LogP contribution in [0.3, 0.4) is 0 Å². The van der Waals surface area contributed by atoms with E-state index < -0.39 is 41.6 Å². The number of fused-ring (bicyclic) bond motifs is 11. The van der Waals surface area contributed by atoms with Gasteiger partial charge in [-0.1, -0.05) is 48.6 Å². The van der Waals surface area contributed by atoms with E-state index in [1.54, 1.807) is 0 Å². The van der Waals surface area contributed by atoms with Gasteiger partial charge in [0.1, 0.15) is 0 Å². The molecule has 0 spiro atoms. The highest BCUT2D eigenvalue weighted by molar-refractivity contribution is 5.84. The number of allylic oxidation sites excluding steroid dienone is 8. The number of hydrogen-bond acceptors (Lipinski definition) is 6. The molecule has 0 aliphatic heterocycles. The maximum Gasteiger partial charge on any atom is 0.310 e. The van der Waals surface area contributed by atoms with Crippen LogP contribution in [0.15, 0.2) is 48.6 Å². The van der Waals surface area contributed by atoms with Crippen LogP contribution in [0.4, 0.5) is 0 Å². The molecule has 0 radical (unpaired) electrons. The molecule has 0 amide bonds. The van der Waals surface area contributed by atoms with Crippen molar-refractivity contribution >= 4 is 23.9 Å². The Kier molecular flexibility index (Phi) is 7.34. The molecular formula is C30H36O8. The molecule has 0 aromatic heterocycles. The molecule has 0 saturated heterocycles. The summed E-state index contributed by atoms with van der Waals surface area (Å²) in [5.74, 6) is -1.77. The molecule has 2 N–H and O–H groups in total. The summed E-state index contributed by atoms with van der Waals surface area (Å²) < 4.78 is 9.51. The molecule has 7 aliphatic rings. The quantitative estimate of drug-likeness (QED) is 0.323. The summed E-state index contributed by atoms with van der Waals surface area (Å²) in [4.78, 5) is 46.0. The summed E-state index contributed by atoms with van der Waals surface area (Å²) in [5, 5.41) is 18.5. The zero-order valence-corrected chi connectivity index (χ0v) is 21.7. The third-order valence-electron chi connectivity index (χ3n) is 10.1. The second kappa shape index (κ2) is 10.5. The lowest BCUT2D eigenvalue weighted by atomic mass is 9.65. The highest BCUT2D eigenvalue weighted by atomic mass is 16.5. The van der Waals surface area contributed by atoms with Crippen molar-refractivity contribution in [2.75, 3.05) is 14.2 Å². The second-order valence-corrected chi connectivity index (χ2v) is 11.5. The standard InChI is InChI=1S/C15H18O4.C10H12O4.C5H6/c1-19-15(18)13-9-5-8(12(13)14(16)17)10-6-2-3-7(4-6)11(9)10;1-14-10(13)8-6-3-2-5(4-6)7(8)9(11)12;1-2-4-5-3-1/h2-3,6-13H,4-5H2,1H3,(H,16,17);2-3,5-8H,4H2,1H3,(H,11,12);1-4H,5H2. The van der Waals surface area contributed by atoms with E-state index in [1.807, 2.05) is 12.2 Å². The zero-order chi connectivity index (χ0) is 27.1. The van der Waals surface area contributed by atoms with Crippen molar-refractivity contribution in [3.05, 3.63) is 48.6 Å². The van der Waals surface area contributed by atoms with E-state index in [4.69, 9.17) is 9.84 Å². The van der Waals surface area contributed by atoms with Crippen LogP contribution in [0.1, 0.15) is 25.7 Å². The molecule has 8 nitrogen and oxygen atoms in total. The Morgan fingerprint density at radius 1 is 0.605 bits per heavy atom. The monoisotopic (exact) mass is 524 g/mol. The first-order valence-corrected chi connectivity index (χ1v) is 13.6. The minimum atomic E-state index is -0.891. The molecule has 8 heteroatoms. The highest BCUT2D eigenvalue weighted by Gasteiger charge is 2.68. The topological polar surface area (TPSA) is 127 Å². The number of carbonyl (C=O) groups is 4. The van der Waals surface area contributed by atoms with Crippen LogP contribution < -0.4 is 0 Å². The fourth-order valence-corrected chi connectivity index (χ4v) is 8.84. The van der Waals surface area contributed by atoms with Gasteiger partial charge in [0.2, 0.25) is 0 Å². The van der Waals surface area contributed by atoms with Crippen LogP contribution in [0.25, 0.3) is 0 Å². The van der Waals surface area contributed by atoms with Gasteiger partial charge in [0.25, 0.3) is 0 Å². The zero-order valence-electron chi connectivity index (χ0n) is 21.7. The van der Waals surface area contributed by atoms with Crippen LogP contribution in [0.2, 0.25) is 0 Å². The van der Waals surface area contributed by atoms with Gasteiger partial charge in [-0.25, -0.2) is 0 Å². The summed E-state index contributed by atoms with van der Waals surface area (Å²) in [6, 6.07) is 0. The van der Waals surface area contributed by atoms with Crippen molar-refractivity contribution in [3.8, 4) is 0 Å². The third kappa shape index (κ3) is 4.31. The van der Waals surface area contributed by atoms with E-state index >= 15 is 0 Å². The lowest BCUT2D eigenvalue weighted by molar-refractivity contribution is -0.161. The number of carboxylic acids is 2. The van der Waals surface area contributed by atoms with Crippen molar-refractivity contribution in [2.24, 2.45) is 71.0 Å². The summed E-state index contributed by atoms with van der Waals surface area (Å²) in [6.07, 6.45) is 20.8. The molecule has 12 unspecified atom stereocenters. The number of rotatable bonds is 4. The van der Waals surface area contributed by atoms with Crippen molar-refractivity contribution in [1.82, 2.24) is 0 Å². The van der Waals surface area contributed by atoms with Gasteiger partial charge >= 0.3 is 23.9 Å². The summed E-state index contributed by atoms with van der Waals surface area (Å²) >= 11 is 0. The smallest absolute Gasteiger partial charge is 0.310 e. The second-order valence-electron chi connectivity index (χ2n) is 11.5. The van der Waals surface area contributed by atoms with Crippen LogP contribution >= 0.6 is 0 Å². The van der Waals surface area contributed by atoms with E-state index in [1.165, 1.54) is 20.6 Å². The van der Waals surface area contributed by atoms with Gasteiger partial charge in [-0.05, 0) is 73.0 Å². The fraction of sp³-hybridized carbons (Fsp3) is 0.600. The van der Waals surface area contributed by atoms with Gasteiger partial charge in [-0.3, -0.25) is 19.2 Å². The normalized spacial score (nSPS) is 42.8. The summed E-state index contributed by atoms with van der Waals surface area (Å²) in [6.45, 7) is 0. The predicted molar refractivity (Wildman–Crippen MR) is 136 cm³/mol. The number of aliphatic carboxylic acids is 2. The SMILES string of the molecule is C1=CCC=C1.COC(=O)C1C2C=CC(C2)C1C(=O)O.COC(=O)C1C2CC(C1C(=O)O)C1C3C=CC(C3)C21. The van der Waals surface area contributed by atoms with Gasteiger partial charge < -0.3 is 19.7 Å². The van der Waals surface area contributed by atoms with E-state index in [2.05, 4.69) is 41.2 Å². The van der Waals surface area contributed by atoms with Gasteiger partial charge in [-0.15, -0.1) is 0 Å². The van der Waals surface area contributed by atoms with Gasteiger partial charge in [0.05, 0.1) is 37.9 Å². The molecule has 7 aliphatic carbocycles. The number of carboxylic acid groups (broad SMARTS) is 2. The Hall–Kier alpha value is -3.16. The minimum absolute atomic E-state index is 0.0154. The maximum atomic E-state index is 12.0. The average Bonchev–Trinajstić information content (AvgIpc) is 3.76. The van der Waals surface area contributed by atoms with E-state index in [0.717, 1.165) is 19.3 Å². The van der Waals surface area contributed by atoms with E-state index in [-0.39, 0.29) is 29.6 Å². The van der Waals surface area contributed by atoms with Crippen molar-refractivity contribution in [3.63, 3.8) is 0 Å². The van der Waals surface area contributed by atoms with Crippen LogP contribution in [-0.4, -0.2) is 48.3 Å². The summed E-state index contributed by atoms with van der Waals surface area (Å²) in [5.41, 5.74) is 0. The van der Waals surface area contributed by atoms with Crippen LogP contribution in [0.5, 0.6) is 0 Å². The molecule has 7 rings (SSSR count). The van der Waals surface area contributed by atoms with Crippen molar-refractivity contribution in [1.29, 1.82) is 0 Å². The highest BCUT2D eigenvalue weighted by Crippen LogP contribution is 2.68. The molecule has 4 saturated carbocycles. The Morgan fingerprint density at radius 2 is 1.05 bits per heavy atom. The predicted octanol–water partition coefficient (Wildman–Crippen LogP) is 3.75. The Balaban J connectivity index is 0.000000135. The molecular weight excluding hydrogens is 488 g/mol. The van der Waals surface area contributed by atoms with Crippen LogP contribution in [-0.2, 0) is 28.7 Å². The largest absolute Gasteiger partial charge is 0.481 e. The van der Waals surface area contributed by atoms with E-state index in [0.29, 0.717) is 23.7 Å². The molecule has 0 heterocycles. The fourth-order valence-electron chi connectivity index (χ4n) is 8.84. The Bertz CT molecular complexity index is 1090. The minimum Gasteiger partial charge on any atom is -0.481 e. The first-order valence-electron chi connectivity index (χ1n) is 13.6. The molecule has 0 aromatic carbocycles. The molecule has 6 bridgehead atoms. The Morgan fingerprint density at radius 3 is 1.53 bits per heavy atom. The number of methoxy groups -OCH3 is 2. The number of esters is 2. The number of carbonyl (C=O) groups excluding carboxylic acids is 2. The first-order chi connectivity index (χ1) is 18.3. The third-order valence-corrected chi connectivity index (χ3v) is 10.1. The average molecular weight is 525 g/mol. The van der Waals surface area contributed by atoms with Crippen LogP contribution in [0, 0.1) is 71.0 Å². The number of hydrogen-bond donors (Lipinski definition) is 2. The summed E-state index contributed by atoms with van der Waals surface area (Å²) in [7, 11) is 2.67. The lowest BCUT2D eigenvalue weighted by Crippen LogP contribution is -2.44. The van der Waals surface area contributed by atoms with Crippen molar-refractivity contribution in [2.45, 2.75) is 25.7 Å². The number of ether oxygens (including phenoxy) is 2. The molecule has 4 fully saturated rings. The lowest BCUT2D eigenvalue weighted by Gasteiger charge is -2.38. The van der Waals surface area contributed by atoms with Gasteiger partial charge in [0, 0.05) is 0 Å². The molecule has 204 valence electrons. The first kappa shape index (κ1) is 26.4. The molecule has 0 aromatic rings.